The fourth-order valence-electron chi connectivity index (χ4n) is 2.47. The van der Waals surface area contributed by atoms with Crippen LogP contribution in [0.3, 0.4) is 0 Å². The lowest BCUT2D eigenvalue weighted by Gasteiger charge is -2.11. The highest BCUT2D eigenvalue weighted by Crippen LogP contribution is 2.11. The highest BCUT2D eigenvalue weighted by atomic mass is 32.1. The number of amides is 1. The summed E-state index contributed by atoms with van der Waals surface area (Å²) in [4.78, 5) is 22.3. The van der Waals surface area contributed by atoms with Gasteiger partial charge in [-0.3, -0.25) is 4.79 Å². The summed E-state index contributed by atoms with van der Waals surface area (Å²) in [7, 11) is 0. The van der Waals surface area contributed by atoms with Gasteiger partial charge in [0, 0.05) is 42.7 Å². The second-order valence-electron chi connectivity index (χ2n) is 6.19. The van der Waals surface area contributed by atoms with E-state index in [4.69, 9.17) is 0 Å². The van der Waals surface area contributed by atoms with Gasteiger partial charge in [-0.05, 0) is 38.0 Å². The van der Waals surface area contributed by atoms with E-state index in [1.165, 1.54) is 4.88 Å². The fourth-order valence-corrected chi connectivity index (χ4v) is 3.26. The molecular formula is C20H29N5OS. The number of hydrogen-bond donors (Lipinski definition) is 3. The summed E-state index contributed by atoms with van der Waals surface area (Å²) in [6, 6.07) is 7.62. The summed E-state index contributed by atoms with van der Waals surface area (Å²) in [6.45, 7) is 8.92. The van der Waals surface area contributed by atoms with Crippen molar-refractivity contribution in [3.8, 4) is 0 Å². The summed E-state index contributed by atoms with van der Waals surface area (Å²) in [5, 5.41) is 10.6. The average Bonchev–Trinajstić information content (AvgIpc) is 3.09. The van der Waals surface area contributed by atoms with Crippen molar-refractivity contribution in [1.82, 2.24) is 20.9 Å². The minimum Gasteiger partial charge on any atom is -0.357 e. The van der Waals surface area contributed by atoms with Gasteiger partial charge >= 0.3 is 0 Å². The molecule has 146 valence electrons. The first-order chi connectivity index (χ1) is 13.1. The van der Waals surface area contributed by atoms with E-state index >= 15 is 0 Å². The third kappa shape index (κ3) is 7.38. The van der Waals surface area contributed by atoms with Crippen LogP contribution >= 0.6 is 11.3 Å². The smallest absolute Gasteiger partial charge is 0.251 e. The summed E-state index contributed by atoms with van der Waals surface area (Å²) >= 11 is 1.72. The molecule has 3 N–H and O–H groups in total. The van der Waals surface area contributed by atoms with Gasteiger partial charge in [0.15, 0.2) is 5.96 Å². The number of aryl methyl sites for hydroxylation is 1. The molecule has 0 saturated carbocycles. The number of carbonyl (C=O) groups excluding carboxylic acids is 1. The van der Waals surface area contributed by atoms with Crippen molar-refractivity contribution in [2.45, 2.75) is 40.2 Å². The number of nitrogens with zero attached hydrogens (tertiary/aromatic N) is 2. The Morgan fingerprint density at radius 2 is 2.04 bits per heavy atom. The van der Waals surface area contributed by atoms with E-state index in [0.717, 1.165) is 42.5 Å². The minimum atomic E-state index is -0.0357. The summed E-state index contributed by atoms with van der Waals surface area (Å²) in [6.07, 6.45) is 3.70. The molecule has 0 aliphatic carbocycles. The summed E-state index contributed by atoms with van der Waals surface area (Å²) < 4.78 is 0. The van der Waals surface area contributed by atoms with Gasteiger partial charge in [0.25, 0.3) is 5.91 Å². The van der Waals surface area contributed by atoms with Crippen molar-refractivity contribution in [3.63, 3.8) is 0 Å². The SMILES string of the molecule is CCCNC(=O)c1cccc(CN=C(NCC)NCCc2ncc(C)s2)c1. The van der Waals surface area contributed by atoms with Crippen LogP contribution in [0.1, 0.15) is 46.1 Å². The molecule has 0 fully saturated rings. The maximum atomic E-state index is 12.1. The van der Waals surface area contributed by atoms with E-state index in [1.807, 2.05) is 44.3 Å². The van der Waals surface area contributed by atoms with Crippen molar-refractivity contribution in [2.24, 2.45) is 4.99 Å². The largest absolute Gasteiger partial charge is 0.357 e. The van der Waals surface area contributed by atoms with Gasteiger partial charge in [-0.1, -0.05) is 19.1 Å². The number of hydrogen-bond acceptors (Lipinski definition) is 4. The molecule has 2 aromatic rings. The number of carbonyl (C=O) groups is 1. The van der Waals surface area contributed by atoms with Crippen LogP contribution < -0.4 is 16.0 Å². The van der Waals surface area contributed by atoms with Gasteiger partial charge in [-0.25, -0.2) is 9.98 Å². The van der Waals surface area contributed by atoms with Crippen LogP contribution in [-0.4, -0.2) is 36.5 Å². The van der Waals surface area contributed by atoms with E-state index in [9.17, 15) is 4.79 Å². The average molecular weight is 388 g/mol. The topological polar surface area (TPSA) is 78.4 Å². The zero-order valence-corrected chi connectivity index (χ0v) is 17.2. The maximum Gasteiger partial charge on any atom is 0.251 e. The van der Waals surface area contributed by atoms with Gasteiger partial charge in [-0.15, -0.1) is 11.3 Å². The van der Waals surface area contributed by atoms with Crippen LogP contribution in [0.25, 0.3) is 0 Å². The normalized spacial score (nSPS) is 11.3. The van der Waals surface area contributed by atoms with Crippen molar-refractivity contribution < 1.29 is 4.79 Å². The van der Waals surface area contributed by atoms with E-state index < -0.39 is 0 Å². The summed E-state index contributed by atoms with van der Waals surface area (Å²) in [5.41, 5.74) is 1.68. The first-order valence-corrected chi connectivity index (χ1v) is 10.2. The number of rotatable bonds is 9. The molecule has 1 amide bonds. The molecule has 0 radical (unpaired) electrons. The number of guanidine groups is 1. The van der Waals surface area contributed by atoms with Crippen molar-refractivity contribution >= 4 is 23.2 Å². The molecular weight excluding hydrogens is 358 g/mol. The second kappa shape index (κ2) is 11.3. The Morgan fingerprint density at radius 1 is 1.19 bits per heavy atom. The molecule has 0 spiro atoms. The maximum absolute atomic E-state index is 12.1. The molecule has 27 heavy (non-hydrogen) atoms. The standard InChI is InChI=1S/C20H29N5OS/c1-4-10-22-19(26)17-8-6-7-16(12-17)14-25-20(21-5-2)23-11-9-18-24-13-15(3)27-18/h6-8,12-13H,4-5,9-11,14H2,1-3H3,(H,22,26)(H2,21,23,25). The van der Waals surface area contributed by atoms with E-state index in [1.54, 1.807) is 11.3 Å². The molecule has 1 aromatic heterocycles. The Kier molecular flexibility index (Phi) is 8.77. The van der Waals surface area contributed by atoms with Crippen LogP contribution in [0.15, 0.2) is 35.5 Å². The molecule has 0 saturated heterocycles. The Morgan fingerprint density at radius 3 is 2.74 bits per heavy atom. The molecule has 0 unspecified atom stereocenters. The molecule has 2 rings (SSSR count). The lowest BCUT2D eigenvalue weighted by Crippen LogP contribution is -2.38. The van der Waals surface area contributed by atoms with Crippen molar-refractivity contribution in [1.29, 1.82) is 0 Å². The number of nitrogens with one attached hydrogen (secondary N) is 3. The van der Waals surface area contributed by atoms with Crippen LogP contribution in [0.4, 0.5) is 0 Å². The zero-order valence-electron chi connectivity index (χ0n) is 16.3. The van der Waals surface area contributed by atoms with Crippen molar-refractivity contribution in [3.05, 3.63) is 51.5 Å². The van der Waals surface area contributed by atoms with Gasteiger partial charge in [0.05, 0.1) is 11.6 Å². The number of aromatic nitrogens is 1. The van der Waals surface area contributed by atoms with E-state index in [-0.39, 0.29) is 5.91 Å². The first-order valence-electron chi connectivity index (χ1n) is 9.43. The van der Waals surface area contributed by atoms with E-state index in [2.05, 4.69) is 32.9 Å². The first kappa shape index (κ1) is 20.9. The number of aliphatic imine (C=N–C) groups is 1. The fraction of sp³-hybridized carbons (Fsp3) is 0.450. The Bertz CT molecular complexity index is 756. The van der Waals surface area contributed by atoms with Crippen LogP contribution in [0, 0.1) is 6.92 Å². The predicted octanol–water partition coefficient (Wildman–Crippen LogP) is 2.89. The quantitative estimate of drug-likeness (QED) is 0.457. The van der Waals surface area contributed by atoms with E-state index in [0.29, 0.717) is 18.7 Å². The highest BCUT2D eigenvalue weighted by Gasteiger charge is 2.05. The van der Waals surface area contributed by atoms with Crippen LogP contribution in [0.5, 0.6) is 0 Å². The number of benzene rings is 1. The van der Waals surface area contributed by atoms with Crippen LogP contribution in [-0.2, 0) is 13.0 Å². The van der Waals surface area contributed by atoms with Gasteiger partial charge < -0.3 is 16.0 Å². The van der Waals surface area contributed by atoms with Gasteiger partial charge in [0.1, 0.15) is 0 Å². The molecule has 0 bridgehead atoms. The lowest BCUT2D eigenvalue weighted by molar-refractivity contribution is 0.0953. The van der Waals surface area contributed by atoms with Gasteiger partial charge in [-0.2, -0.15) is 0 Å². The Hall–Kier alpha value is -2.41. The molecule has 6 nitrogen and oxygen atoms in total. The molecule has 1 heterocycles. The highest BCUT2D eigenvalue weighted by molar-refractivity contribution is 7.11. The zero-order chi connectivity index (χ0) is 19.5. The molecule has 0 atom stereocenters. The minimum absolute atomic E-state index is 0.0357. The molecule has 0 aliphatic rings. The monoisotopic (exact) mass is 387 g/mol. The molecule has 7 heteroatoms. The lowest BCUT2D eigenvalue weighted by atomic mass is 10.1. The summed E-state index contributed by atoms with van der Waals surface area (Å²) in [5.74, 6) is 0.734. The van der Waals surface area contributed by atoms with Gasteiger partial charge in [0.2, 0.25) is 0 Å². The molecule has 0 aliphatic heterocycles. The number of thiazole rings is 1. The third-order valence-corrected chi connectivity index (χ3v) is 4.76. The Labute approximate surface area is 165 Å². The predicted molar refractivity (Wildman–Crippen MR) is 112 cm³/mol. The van der Waals surface area contributed by atoms with Crippen LogP contribution in [0.2, 0.25) is 0 Å². The second-order valence-corrected chi connectivity index (χ2v) is 7.51. The van der Waals surface area contributed by atoms with Crippen molar-refractivity contribution in [2.75, 3.05) is 19.6 Å². The molecule has 1 aromatic carbocycles. The Balaban J connectivity index is 1.92. The third-order valence-electron chi connectivity index (χ3n) is 3.79.